The van der Waals surface area contributed by atoms with Crippen LogP contribution in [-0.2, 0) is 6.61 Å². The van der Waals surface area contributed by atoms with Gasteiger partial charge in [0.25, 0.3) is 0 Å². The first kappa shape index (κ1) is 17.8. The standard InChI is InChI=1S/C19H20N4O2S/c1-13-5-3-4-6-15(13)11-25-17-9-14(7-8-16(17)24-2)10-21-23-19-22-18(20)12-26-19/h3-10,12H,11,20H2,1-2H3,(H,22,23). The SMILES string of the molecule is COc1ccc(C=NNc2nc(N)cs2)cc1OCc1ccccc1C. The Hall–Kier alpha value is -3.06. The molecule has 2 aromatic carbocycles. The third-order valence-corrected chi connectivity index (χ3v) is 4.49. The van der Waals surface area contributed by atoms with Crippen LogP contribution in [0, 0.1) is 6.92 Å². The second kappa shape index (κ2) is 8.35. The largest absolute Gasteiger partial charge is 0.493 e. The highest BCUT2D eigenvalue weighted by Crippen LogP contribution is 2.28. The quantitative estimate of drug-likeness (QED) is 0.485. The molecule has 3 N–H and O–H groups in total. The minimum absolute atomic E-state index is 0.472. The fourth-order valence-corrected chi connectivity index (χ4v) is 2.86. The number of methoxy groups -OCH3 is 1. The van der Waals surface area contributed by atoms with E-state index in [0.29, 0.717) is 29.1 Å². The molecule has 0 spiro atoms. The predicted molar refractivity (Wildman–Crippen MR) is 106 cm³/mol. The molecule has 7 heteroatoms. The van der Waals surface area contributed by atoms with Crippen LogP contribution < -0.4 is 20.6 Å². The van der Waals surface area contributed by atoms with Gasteiger partial charge in [0.1, 0.15) is 12.4 Å². The molecule has 3 aromatic rings. The Bertz CT molecular complexity index is 908. The number of hydrazone groups is 1. The van der Waals surface area contributed by atoms with Gasteiger partial charge in [-0.3, -0.25) is 5.43 Å². The average Bonchev–Trinajstić information content (AvgIpc) is 3.06. The molecule has 0 atom stereocenters. The first-order valence-corrected chi connectivity index (χ1v) is 8.89. The molecule has 0 aliphatic heterocycles. The lowest BCUT2D eigenvalue weighted by Gasteiger charge is -2.12. The Morgan fingerprint density at radius 3 is 2.81 bits per heavy atom. The minimum Gasteiger partial charge on any atom is -0.493 e. The molecule has 0 saturated heterocycles. The van der Waals surface area contributed by atoms with Crippen molar-refractivity contribution in [3.63, 3.8) is 0 Å². The third kappa shape index (κ3) is 4.52. The first-order chi connectivity index (χ1) is 12.7. The van der Waals surface area contributed by atoms with Crippen LogP contribution in [0.4, 0.5) is 10.9 Å². The van der Waals surface area contributed by atoms with Gasteiger partial charge in [0, 0.05) is 5.38 Å². The van der Waals surface area contributed by atoms with Gasteiger partial charge >= 0.3 is 0 Å². The summed E-state index contributed by atoms with van der Waals surface area (Å²) in [5.41, 5.74) is 11.6. The number of nitrogens with two attached hydrogens (primary N) is 1. The Morgan fingerprint density at radius 2 is 2.08 bits per heavy atom. The maximum absolute atomic E-state index is 5.97. The van der Waals surface area contributed by atoms with Gasteiger partial charge in [-0.05, 0) is 41.8 Å². The molecule has 1 heterocycles. The summed E-state index contributed by atoms with van der Waals surface area (Å²) in [4.78, 5) is 4.08. The lowest BCUT2D eigenvalue weighted by Crippen LogP contribution is -2.00. The number of rotatable bonds is 7. The molecule has 0 fully saturated rings. The molecule has 0 saturated carbocycles. The van der Waals surface area contributed by atoms with E-state index >= 15 is 0 Å². The smallest absolute Gasteiger partial charge is 0.205 e. The summed E-state index contributed by atoms with van der Waals surface area (Å²) in [5, 5.41) is 6.57. The molecule has 0 aliphatic rings. The zero-order chi connectivity index (χ0) is 18.4. The fraction of sp³-hybridized carbons (Fsp3) is 0.158. The molecule has 0 unspecified atom stereocenters. The number of nitrogens with zero attached hydrogens (tertiary/aromatic N) is 2. The molecule has 0 bridgehead atoms. The topological polar surface area (TPSA) is 81.8 Å². The van der Waals surface area contributed by atoms with E-state index in [1.165, 1.54) is 16.9 Å². The fourth-order valence-electron chi connectivity index (χ4n) is 2.31. The number of nitrogen functional groups attached to an aromatic ring is 1. The molecule has 0 radical (unpaired) electrons. The van der Waals surface area contributed by atoms with Gasteiger partial charge in [-0.2, -0.15) is 5.10 Å². The van der Waals surface area contributed by atoms with Crippen LogP contribution in [0.1, 0.15) is 16.7 Å². The van der Waals surface area contributed by atoms with Crippen molar-refractivity contribution in [1.82, 2.24) is 4.98 Å². The Kier molecular flexibility index (Phi) is 5.70. The molecule has 134 valence electrons. The van der Waals surface area contributed by atoms with Gasteiger partial charge in [0.05, 0.1) is 13.3 Å². The minimum atomic E-state index is 0.472. The molecule has 26 heavy (non-hydrogen) atoms. The highest BCUT2D eigenvalue weighted by atomic mass is 32.1. The summed E-state index contributed by atoms with van der Waals surface area (Å²) in [6.07, 6.45) is 1.69. The number of hydrogen-bond donors (Lipinski definition) is 2. The lowest BCUT2D eigenvalue weighted by atomic mass is 10.1. The van der Waals surface area contributed by atoms with E-state index in [4.69, 9.17) is 15.2 Å². The van der Waals surface area contributed by atoms with Gasteiger partial charge < -0.3 is 15.2 Å². The Balaban J connectivity index is 1.70. The third-order valence-electron chi connectivity index (χ3n) is 3.73. The number of thiazole rings is 1. The monoisotopic (exact) mass is 368 g/mol. The number of ether oxygens (including phenoxy) is 2. The van der Waals surface area contributed by atoms with Crippen molar-refractivity contribution >= 4 is 28.5 Å². The zero-order valence-corrected chi connectivity index (χ0v) is 15.4. The number of benzene rings is 2. The lowest BCUT2D eigenvalue weighted by molar-refractivity contribution is 0.284. The van der Waals surface area contributed by atoms with Crippen LogP contribution in [0.2, 0.25) is 0 Å². The van der Waals surface area contributed by atoms with E-state index in [9.17, 15) is 0 Å². The van der Waals surface area contributed by atoms with Crippen LogP contribution >= 0.6 is 11.3 Å². The summed E-state index contributed by atoms with van der Waals surface area (Å²) in [6, 6.07) is 13.8. The molecule has 0 amide bonds. The van der Waals surface area contributed by atoms with Gasteiger partial charge in [-0.15, -0.1) is 11.3 Å². The molecular formula is C19H20N4O2S. The van der Waals surface area contributed by atoms with E-state index in [1.54, 1.807) is 18.7 Å². The molecule has 6 nitrogen and oxygen atoms in total. The number of aryl methyl sites for hydroxylation is 1. The van der Waals surface area contributed by atoms with E-state index in [1.807, 2.05) is 30.3 Å². The van der Waals surface area contributed by atoms with E-state index < -0.39 is 0 Å². The van der Waals surface area contributed by atoms with Crippen molar-refractivity contribution in [2.75, 3.05) is 18.3 Å². The Morgan fingerprint density at radius 1 is 1.23 bits per heavy atom. The molecule has 1 aromatic heterocycles. The molecule has 0 aliphatic carbocycles. The average molecular weight is 368 g/mol. The van der Waals surface area contributed by atoms with Crippen LogP contribution in [0.5, 0.6) is 11.5 Å². The van der Waals surface area contributed by atoms with Gasteiger partial charge in [0.15, 0.2) is 11.5 Å². The summed E-state index contributed by atoms with van der Waals surface area (Å²) in [7, 11) is 1.62. The highest BCUT2D eigenvalue weighted by molar-refractivity contribution is 7.14. The van der Waals surface area contributed by atoms with Crippen LogP contribution in [0.3, 0.4) is 0 Å². The van der Waals surface area contributed by atoms with Crippen molar-refractivity contribution in [1.29, 1.82) is 0 Å². The maximum atomic E-state index is 5.97. The second-order valence-electron chi connectivity index (χ2n) is 5.57. The first-order valence-electron chi connectivity index (χ1n) is 8.01. The van der Waals surface area contributed by atoms with Crippen molar-refractivity contribution in [2.24, 2.45) is 5.10 Å². The van der Waals surface area contributed by atoms with Crippen molar-refractivity contribution < 1.29 is 9.47 Å². The number of anilines is 2. The van der Waals surface area contributed by atoms with Gasteiger partial charge in [-0.1, -0.05) is 24.3 Å². The maximum Gasteiger partial charge on any atom is 0.205 e. The summed E-state index contributed by atoms with van der Waals surface area (Å²) in [6.45, 7) is 2.54. The number of aromatic nitrogens is 1. The summed E-state index contributed by atoms with van der Waals surface area (Å²) < 4.78 is 11.4. The van der Waals surface area contributed by atoms with Crippen molar-refractivity contribution in [3.05, 3.63) is 64.5 Å². The summed E-state index contributed by atoms with van der Waals surface area (Å²) >= 11 is 1.40. The van der Waals surface area contributed by atoms with E-state index in [-0.39, 0.29) is 0 Å². The van der Waals surface area contributed by atoms with Crippen LogP contribution in [0.15, 0.2) is 52.9 Å². The van der Waals surface area contributed by atoms with Crippen LogP contribution in [0.25, 0.3) is 0 Å². The van der Waals surface area contributed by atoms with Gasteiger partial charge in [0.2, 0.25) is 5.13 Å². The van der Waals surface area contributed by atoms with Crippen LogP contribution in [-0.4, -0.2) is 18.3 Å². The van der Waals surface area contributed by atoms with Crippen molar-refractivity contribution in [2.45, 2.75) is 13.5 Å². The van der Waals surface area contributed by atoms with Crippen molar-refractivity contribution in [3.8, 4) is 11.5 Å². The number of hydrogen-bond acceptors (Lipinski definition) is 7. The molecular weight excluding hydrogens is 348 g/mol. The Labute approximate surface area is 156 Å². The summed E-state index contributed by atoms with van der Waals surface area (Å²) in [5.74, 6) is 1.82. The zero-order valence-electron chi connectivity index (χ0n) is 14.6. The van der Waals surface area contributed by atoms with E-state index in [2.05, 4.69) is 34.6 Å². The normalized spacial score (nSPS) is 10.8. The molecule has 3 rings (SSSR count). The van der Waals surface area contributed by atoms with E-state index in [0.717, 1.165) is 11.1 Å². The van der Waals surface area contributed by atoms with Gasteiger partial charge in [-0.25, -0.2) is 4.98 Å². The second-order valence-corrected chi connectivity index (χ2v) is 6.43. The highest BCUT2D eigenvalue weighted by Gasteiger charge is 2.07. The number of nitrogens with one attached hydrogen (secondary N) is 1. The predicted octanol–water partition coefficient (Wildman–Crippen LogP) is 4.07.